The molecule has 2 aromatic carbocycles. The molecule has 0 unspecified atom stereocenters. The zero-order chi connectivity index (χ0) is 16.7. The van der Waals surface area contributed by atoms with Crippen LogP contribution in [0.2, 0.25) is 0 Å². The van der Waals surface area contributed by atoms with Gasteiger partial charge in [-0.25, -0.2) is 4.79 Å². The summed E-state index contributed by atoms with van der Waals surface area (Å²) in [4.78, 5) is 23.7. The molecule has 0 aromatic heterocycles. The van der Waals surface area contributed by atoms with E-state index in [1.54, 1.807) is 24.3 Å². The molecule has 0 fully saturated rings. The van der Waals surface area contributed by atoms with Gasteiger partial charge in [-0.05, 0) is 24.6 Å². The Kier molecular flexibility index (Phi) is 5.88. The summed E-state index contributed by atoms with van der Waals surface area (Å²) >= 11 is 0. The lowest BCUT2D eigenvalue weighted by Gasteiger charge is -2.10. The van der Waals surface area contributed by atoms with Crippen molar-refractivity contribution in [3.05, 3.63) is 65.2 Å². The van der Waals surface area contributed by atoms with Gasteiger partial charge in [0, 0.05) is 6.54 Å². The van der Waals surface area contributed by atoms with Crippen LogP contribution in [-0.2, 0) is 16.1 Å². The highest BCUT2D eigenvalue weighted by Gasteiger charge is 2.12. The van der Waals surface area contributed by atoms with Crippen molar-refractivity contribution in [2.75, 3.05) is 19.0 Å². The number of hydrogen-bond acceptors (Lipinski definition) is 4. The highest BCUT2D eigenvalue weighted by Crippen LogP contribution is 2.15. The molecule has 0 atom stereocenters. The Morgan fingerprint density at radius 3 is 2.61 bits per heavy atom. The zero-order valence-electron chi connectivity index (χ0n) is 13.3. The molecule has 0 bridgehead atoms. The fourth-order valence-corrected chi connectivity index (χ4v) is 2.22. The van der Waals surface area contributed by atoms with E-state index in [4.69, 9.17) is 4.74 Å². The number of carbonyl (C=O) groups excluding carboxylic acids is 2. The Bertz CT molecular complexity index is 698. The van der Waals surface area contributed by atoms with Crippen molar-refractivity contribution in [1.29, 1.82) is 0 Å². The first-order valence-corrected chi connectivity index (χ1v) is 7.33. The van der Waals surface area contributed by atoms with Crippen LogP contribution >= 0.6 is 0 Å². The molecular weight excluding hydrogens is 292 g/mol. The molecule has 0 aliphatic heterocycles. The molecule has 0 aliphatic rings. The third kappa shape index (κ3) is 4.93. The van der Waals surface area contributed by atoms with E-state index in [0.717, 1.165) is 5.56 Å². The van der Waals surface area contributed by atoms with Crippen molar-refractivity contribution in [3.8, 4) is 0 Å². The molecule has 0 radical (unpaired) electrons. The van der Waals surface area contributed by atoms with Crippen LogP contribution in [0.25, 0.3) is 0 Å². The second kappa shape index (κ2) is 8.10. The molecule has 0 saturated heterocycles. The average molecular weight is 312 g/mol. The molecule has 0 spiro atoms. The van der Waals surface area contributed by atoms with Gasteiger partial charge in [-0.1, -0.05) is 42.0 Å². The molecule has 5 nitrogen and oxygen atoms in total. The van der Waals surface area contributed by atoms with Crippen LogP contribution in [0.3, 0.4) is 0 Å². The number of para-hydroxylation sites is 1. The number of anilines is 1. The van der Waals surface area contributed by atoms with Gasteiger partial charge in [0.25, 0.3) is 0 Å². The van der Waals surface area contributed by atoms with Crippen LogP contribution in [0, 0.1) is 6.92 Å². The summed E-state index contributed by atoms with van der Waals surface area (Å²) in [6, 6.07) is 14.8. The van der Waals surface area contributed by atoms with E-state index >= 15 is 0 Å². The van der Waals surface area contributed by atoms with Gasteiger partial charge in [0.05, 0.1) is 24.9 Å². The number of rotatable bonds is 6. The van der Waals surface area contributed by atoms with Gasteiger partial charge >= 0.3 is 5.97 Å². The Labute approximate surface area is 135 Å². The minimum atomic E-state index is -0.478. The maximum atomic E-state index is 12.0. The number of methoxy groups -OCH3 is 1. The first-order valence-electron chi connectivity index (χ1n) is 7.33. The van der Waals surface area contributed by atoms with Gasteiger partial charge in [0.15, 0.2) is 0 Å². The molecule has 2 rings (SSSR count). The quantitative estimate of drug-likeness (QED) is 0.804. The molecule has 0 aliphatic carbocycles. The van der Waals surface area contributed by atoms with Crippen LogP contribution in [0.1, 0.15) is 21.5 Å². The number of benzene rings is 2. The van der Waals surface area contributed by atoms with Crippen LogP contribution < -0.4 is 10.6 Å². The van der Waals surface area contributed by atoms with E-state index < -0.39 is 5.97 Å². The van der Waals surface area contributed by atoms with Gasteiger partial charge < -0.3 is 15.4 Å². The summed E-state index contributed by atoms with van der Waals surface area (Å²) in [5, 5.41) is 5.80. The van der Waals surface area contributed by atoms with Crippen LogP contribution in [0.5, 0.6) is 0 Å². The predicted molar refractivity (Wildman–Crippen MR) is 89.3 cm³/mol. The minimum absolute atomic E-state index is 0.156. The molecule has 2 N–H and O–H groups in total. The SMILES string of the molecule is COC(=O)c1ccccc1NC(=O)CNCc1cccc(C)c1. The fourth-order valence-electron chi connectivity index (χ4n) is 2.22. The molecule has 1 amide bonds. The highest BCUT2D eigenvalue weighted by molar-refractivity contribution is 6.01. The van der Waals surface area contributed by atoms with Gasteiger partial charge in [-0.15, -0.1) is 0 Å². The summed E-state index contributed by atoms with van der Waals surface area (Å²) in [6.45, 7) is 2.79. The van der Waals surface area contributed by atoms with E-state index in [-0.39, 0.29) is 12.5 Å². The lowest BCUT2D eigenvalue weighted by Crippen LogP contribution is -2.28. The third-order valence-corrected chi connectivity index (χ3v) is 3.30. The molecule has 2 aromatic rings. The van der Waals surface area contributed by atoms with Crippen molar-refractivity contribution >= 4 is 17.6 Å². The molecule has 0 saturated carbocycles. The lowest BCUT2D eigenvalue weighted by molar-refractivity contribution is -0.115. The van der Waals surface area contributed by atoms with Crippen molar-refractivity contribution in [1.82, 2.24) is 5.32 Å². The minimum Gasteiger partial charge on any atom is -0.465 e. The largest absolute Gasteiger partial charge is 0.465 e. The van der Waals surface area contributed by atoms with Gasteiger partial charge in [-0.3, -0.25) is 4.79 Å². The third-order valence-electron chi connectivity index (χ3n) is 3.30. The predicted octanol–water partition coefficient (Wildman–Crippen LogP) is 2.51. The first kappa shape index (κ1) is 16.7. The summed E-state index contributed by atoms with van der Waals surface area (Å²) in [6.07, 6.45) is 0. The second-order valence-electron chi connectivity index (χ2n) is 5.18. The number of carbonyl (C=O) groups is 2. The van der Waals surface area contributed by atoms with Crippen LogP contribution in [0.15, 0.2) is 48.5 Å². The Morgan fingerprint density at radius 1 is 1.09 bits per heavy atom. The Hall–Kier alpha value is -2.66. The maximum absolute atomic E-state index is 12.0. The van der Waals surface area contributed by atoms with E-state index in [0.29, 0.717) is 17.8 Å². The van der Waals surface area contributed by atoms with Gasteiger partial charge in [0.2, 0.25) is 5.91 Å². The Morgan fingerprint density at radius 2 is 1.87 bits per heavy atom. The average Bonchev–Trinajstić information content (AvgIpc) is 2.55. The second-order valence-corrected chi connectivity index (χ2v) is 5.18. The van der Waals surface area contributed by atoms with E-state index in [2.05, 4.69) is 16.7 Å². The van der Waals surface area contributed by atoms with Gasteiger partial charge in [0.1, 0.15) is 0 Å². The van der Waals surface area contributed by atoms with Gasteiger partial charge in [-0.2, -0.15) is 0 Å². The van der Waals surface area contributed by atoms with E-state index in [1.165, 1.54) is 12.7 Å². The summed E-state index contributed by atoms with van der Waals surface area (Å²) in [7, 11) is 1.31. The van der Waals surface area contributed by atoms with Crippen molar-refractivity contribution in [3.63, 3.8) is 0 Å². The summed E-state index contributed by atoms with van der Waals surface area (Å²) in [5.41, 5.74) is 3.08. The van der Waals surface area contributed by atoms with E-state index in [1.807, 2.05) is 25.1 Å². The van der Waals surface area contributed by atoms with Crippen LogP contribution in [-0.4, -0.2) is 25.5 Å². The lowest BCUT2D eigenvalue weighted by atomic mass is 10.1. The number of ether oxygens (including phenoxy) is 1. The van der Waals surface area contributed by atoms with E-state index in [9.17, 15) is 9.59 Å². The zero-order valence-corrected chi connectivity index (χ0v) is 13.3. The molecule has 23 heavy (non-hydrogen) atoms. The smallest absolute Gasteiger partial charge is 0.339 e. The van der Waals surface area contributed by atoms with Crippen LogP contribution in [0.4, 0.5) is 5.69 Å². The summed E-state index contributed by atoms with van der Waals surface area (Å²) in [5.74, 6) is -0.692. The molecular formula is C18H20N2O3. The fraction of sp³-hybridized carbons (Fsp3) is 0.222. The maximum Gasteiger partial charge on any atom is 0.339 e. The number of amides is 1. The highest BCUT2D eigenvalue weighted by atomic mass is 16.5. The Balaban J connectivity index is 1.89. The molecule has 120 valence electrons. The number of aryl methyl sites for hydroxylation is 1. The topological polar surface area (TPSA) is 67.4 Å². The monoisotopic (exact) mass is 312 g/mol. The molecule has 5 heteroatoms. The summed E-state index contributed by atoms with van der Waals surface area (Å²) < 4.78 is 4.70. The normalized spacial score (nSPS) is 10.2. The number of hydrogen-bond donors (Lipinski definition) is 2. The number of nitrogens with one attached hydrogen (secondary N) is 2. The first-order chi connectivity index (χ1) is 11.1. The standard InChI is InChI=1S/C18H20N2O3/c1-13-6-5-7-14(10-13)11-19-12-17(21)20-16-9-4-3-8-15(16)18(22)23-2/h3-10,19H,11-12H2,1-2H3,(H,20,21). The van der Waals surface area contributed by atoms with Crippen molar-refractivity contribution in [2.24, 2.45) is 0 Å². The van der Waals surface area contributed by atoms with Crippen molar-refractivity contribution in [2.45, 2.75) is 13.5 Å². The number of esters is 1. The molecule has 0 heterocycles. The van der Waals surface area contributed by atoms with Crippen molar-refractivity contribution < 1.29 is 14.3 Å².